The number of amides is 2. The van der Waals surface area contributed by atoms with Crippen LogP contribution >= 0.6 is 11.6 Å². The molecule has 2 amide bonds. The summed E-state index contributed by atoms with van der Waals surface area (Å²) in [5.74, 6) is -1.62. The van der Waals surface area contributed by atoms with E-state index < -0.39 is 11.7 Å². The third-order valence-corrected chi connectivity index (χ3v) is 5.07. The first kappa shape index (κ1) is 19.9. The highest BCUT2D eigenvalue weighted by atomic mass is 35.5. The van der Waals surface area contributed by atoms with Crippen molar-refractivity contribution >= 4 is 34.9 Å². The van der Waals surface area contributed by atoms with Crippen LogP contribution in [0.4, 0.5) is 5.69 Å². The van der Waals surface area contributed by atoms with E-state index in [0.717, 1.165) is 11.3 Å². The van der Waals surface area contributed by atoms with E-state index in [1.165, 1.54) is 0 Å². The van der Waals surface area contributed by atoms with Gasteiger partial charge in [-0.15, -0.1) is 0 Å². The summed E-state index contributed by atoms with van der Waals surface area (Å²) >= 11 is 6.23. The molecule has 0 atom stereocenters. The maximum Gasteiger partial charge on any atom is 0.292 e. The minimum Gasteiger partial charge on any atom is -0.367 e. The maximum atomic E-state index is 12.4. The molecule has 3 rings (SSSR count). The number of nitrogens with one attached hydrogen (secondary N) is 1. The highest BCUT2D eigenvalue weighted by Gasteiger charge is 2.23. The molecule has 1 N–H and O–H groups in total. The maximum absolute atomic E-state index is 12.4. The lowest BCUT2D eigenvalue weighted by molar-refractivity contribution is -0.132. The Balaban J connectivity index is 1.48. The Morgan fingerprint density at radius 2 is 1.61 bits per heavy atom. The number of carbonyl (C=O) groups excluding carboxylic acids is 3. The van der Waals surface area contributed by atoms with Crippen molar-refractivity contribution < 1.29 is 14.4 Å². The summed E-state index contributed by atoms with van der Waals surface area (Å²) < 4.78 is 0. The molecule has 1 heterocycles. The van der Waals surface area contributed by atoms with Gasteiger partial charge in [0.05, 0.1) is 17.3 Å². The second kappa shape index (κ2) is 8.89. The number of halogens is 1. The number of para-hydroxylation sites is 1. The van der Waals surface area contributed by atoms with Crippen LogP contribution in [0.15, 0.2) is 48.5 Å². The molecule has 0 unspecified atom stereocenters. The van der Waals surface area contributed by atoms with Gasteiger partial charge in [0.2, 0.25) is 11.7 Å². The van der Waals surface area contributed by atoms with E-state index in [0.29, 0.717) is 36.8 Å². The summed E-state index contributed by atoms with van der Waals surface area (Å²) in [6.07, 6.45) is 0. The van der Waals surface area contributed by atoms with Crippen LogP contribution in [0.5, 0.6) is 0 Å². The molecule has 1 saturated heterocycles. The lowest BCUT2D eigenvalue weighted by atomic mass is 10.1. The second-order valence-corrected chi connectivity index (χ2v) is 7.10. The molecule has 2 aromatic rings. The Bertz CT molecular complexity index is 875. The number of piperazine rings is 1. The number of Topliss-reactive ketones (excluding diaryl/α,β-unsaturated/α-hetero) is 1. The fraction of sp³-hybridized carbons (Fsp3) is 0.286. The number of aryl methyl sites for hydroxylation is 1. The summed E-state index contributed by atoms with van der Waals surface area (Å²) in [4.78, 5) is 40.3. The van der Waals surface area contributed by atoms with Crippen molar-refractivity contribution in [1.29, 1.82) is 0 Å². The quantitative estimate of drug-likeness (QED) is 0.618. The number of rotatable bonds is 5. The predicted octanol–water partition coefficient (Wildman–Crippen LogP) is 2.30. The van der Waals surface area contributed by atoms with Crippen LogP contribution in [-0.2, 0) is 9.59 Å². The van der Waals surface area contributed by atoms with E-state index in [2.05, 4.69) is 10.2 Å². The summed E-state index contributed by atoms with van der Waals surface area (Å²) in [6, 6.07) is 14.4. The largest absolute Gasteiger partial charge is 0.367 e. The highest BCUT2D eigenvalue weighted by Crippen LogP contribution is 2.25. The number of nitrogens with zero attached hydrogens (tertiary/aromatic N) is 2. The molecule has 0 aromatic heterocycles. The molecule has 0 aliphatic carbocycles. The van der Waals surface area contributed by atoms with Crippen LogP contribution in [0.25, 0.3) is 0 Å². The van der Waals surface area contributed by atoms with Crippen LogP contribution < -0.4 is 10.2 Å². The van der Waals surface area contributed by atoms with Gasteiger partial charge in [-0.25, -0.2) is 0 Å². The van der Waals surface area contributed by atoms with E-state index in [-0.39, 0.29) is 12.5 Å². The van der Waals surface area contributed by atoms with Gasteiger partial charge in [0.15, 0.2) is 0 Å². The summed E-state index contributed by atoms with van der Waals surface area (Å²) in [6.45, 7) is 4.09. The SMILES string of the molecule is Cc1ccc(C(=O)C(=O)NCC(=O)N2CCN(c3ccccc3Cl)CC2)cc1. The average Bonchev–Trinajstić information content (AvgIpc) is 2.72. The Morgan fingerprint density at radius 3 is 2.25 bits per heavy atom. The molecular formula is C21H22ClN3O3. The first-order valence-electron chi connectivity index (χ1n) is 9.12. The highest BCUT2D eigenvalue weighted by molar-refractivity contribution is 6.43. The zero-order valence-corrected chi connectivity index (χ0v) is 16.4. The smallest absolute Gasteiger partial charge is 0.292 e. The fourth-order valence-electron chi connectivity index (χ4n) is 3.09. The van der Waals surface area contributed by atoms with Crippen LogP contribution in [0.3, 0.4) is 0 Å². The second-order valence-electron chi connectivity index (χ2n) is 6.70. The van der Waals surface area contributed by atoms with Crippen LogP contribution in [0.1, 0.15) is 15.9 Å². The topological polar surface area (TPSA) is 69.7 Å². The van der Waals surface area contributed by atoms with Gasteiger partial charge >= 0.3 is 0 Å². The third-order valence-electron chi connectivity index (χ3n) is 4.75. The van der Waals surface area contributed by atoms with Crippen LogP contribution in [0, 0.1) is 6.92 Å². The van der Waals surface area contributed by atoms with Crippen molar-refractivity contribution in [3.05, 3.63) is 64.7 Å². The molecule has 2 aromatic carbocycles. The summed E-state index contributed by atoms with van der Waals surface area (Å²) in [7, 11) is 0. The van der Waals surface area contributed by atoms with Crippen molar-refractivity contribution in [3.8, 4) is 0 Å². The van der Waals surface area contributed by atoms with Crippen molar-refractivity contribution in [3.63, 3.8) is 0 Å². The molecule has 1 aliphatic heterocycles. The van der Waals surface area contributed by atoms with E-state index in [9.17, 15) is 14.4 Å². The summed E-state index contributed by atoms with van der Waals surface area (Å²) in [5.41, 5.74) is 2.26. The van der Waals surface area contributed by atoms with E-state index in [1.807, 2.05) is 31.2 Å². The average molecular weight is 400 g/mol. The Kier molecular flexibility index (Phi) is 6.31. The molecule has 1 aliphatic rings. The Labute approximate surface area is 169 Å². The van der Waals surface area contributed by atoms with E-state index in [1.54, 1.807) is 29.2 Å². The minimum atomic E-state index is -0.771. The van der Waals surface area contributed by atoms with Gasteiger partial charge < -0.3 is 15.1 Å². The van der Waals surface area contributed by atoms with Crippen molar-refractivity contribution in [2.75, 3.05) is 37.6 Å². The number of hydrogen-bond acceptors (Lipinski definition) is 4. The molecule has 0 radical (unpaired) electrons. The van der Waals surface area contributed by atoms with Crippen molar-refractivity contribution in [2.24, 2.45) is 0 Å². The Hall–Kier alpha value is -2.86. The number of hydrogen-bond donors (Lipinski definition) is 1. The monoisotopic (exact) mass is 399 g/mol. The lowest BCUT2D eigenvalue weighted by Gasteiger charge is -2.36. The van der Waals surface area contributed by atoms with Gasteiger partial charge in [-0.2, -0.15) is 0 Å². The van der Waals surface area contributed by atoms with Gasteiger partial charge in [-0.3, -0.25) is 14.4 Å². The van der Waals surface area contributed by atoms with Gasteiger partial charge in [-0.05, 0) is 19.1 Å². The van der Waals surface area contributed by atoms with Crippen molar-refractivity contribution in [2.45, 2.75) is 6.92 Å². The standard InChI is InChI=1S/C21H22ClN3O3/c1-15-6-8-16(9-7-15)20(27)21(28)23-14-19(26)25-12-10-24(11-13-25)18-5-3-2-4-17(18)22/h2-9H,10-14H2,1H3,(H,23,28). The zero-order chi connectivity index (χ0) is 20.1. The van der Waals surface area contributed by atoms with Crippen LogP contribution in [0.2, 0.25) is 5.02 Å². The predicted molar refractivity (Wildman–Crippen MR) is 109 cm³/mol. The molecule has 0 saturated carbocycles. The molecule has 1 fully saturated rings. The molecular weight excluding hydrogens is 378 g/mol. The van der Waals surface area contributed by atoms with Gasteiger partial charge in [0.1, 0.15) is 0 Å². The van der Waals surface area contributed by atoms with E-state index in [4.69, 9.17) is 11.6 Å². The summed E-state index contributed by atoms with van der Waals surface area (Å²) in [5, 5.41) is 3.11. The minimum absolute atomic E-state index is 0.192. The van der Waals surface area contributed by atoms with Gasteiger partial charge in [-0.1, -0.05) is 53.6 Å². The van der Waals surface area contributed by atoms with Gasteiger partial charge in [0.25, 0.3) is 5.91 Å². The number of anilines is 1. The first-order chi connectivity index (χ1) is 13.5. The molecule has 6 nitrogen and oxygen atoms in total. The normalized spacial score (nSPS) is 13.9. The number of benzene rings is 2. The first-order valence-corrected chi connectivity index (χ1v) is 9.50. The molecule has 7 heteroatoms. The van der Waals surface area contributed by atoms with Crippen molar-refractivity contribution in [1.82, 2.24) is 10.2 Å². The van der Waals surface area contributed by atoms with Gasteiger partial charge in [0, 0.05) is 31.7 Å². The molecule has 0 spiro atoms. The lowest BCUT2D eigenvalue weighted by Crippen LogP contribution is -2.51. The number of carbonyl (C=O) groups is 3. The zero-order valence-electron chi connectivity index (χ0n) is 15.7. The fourth-order valence-corrected chi connectivity index (χ4v) is 3.34. The van der Waals surface area contributed by atoms with Crippen LogP contribution in [-0.4, -0.2) is 55.2 Å². The molecule has 146 valence electrons. The Morgan fingerprint density at radius 1 is 0.964 bits per heavy atom. The number of ketones is 1. The molecule has 28 heavy (non-hydrogen) atoms. The third kappa shape index (κ3) is 4.70. The van der Waals surface area contributed by atoms with E-state index >= 15 is 0 Å². The molecule has 0 bridgehead atoms.